The van der Waals surface area contributed by atoms with Crippen molar-refractivity contribution in [1.29, 1.82) is 0 Å². The van der Waals surface area contributed by atoms with Crippen molar-refractivity contribution < 1.29 is 9.47 Å². The highest BCUT2D eigenvalue weighted by Crippen LogP contribution is 2.38. The van der Waals surface area contributed by atoms with Gasteiger partial charge in [-0.3, -0.25) is 4.90 Å². The molecule has 0 saturated carbocycles. The summed E-state index contributed by atoms with van der Waals surface area (Å²) in [5.41, 5.74) is 5.30. The number of piperazine rings is 1. The van der Waals surface area contributed by atoms with Gasteiger partial charge >= 0.3 is 0 Å². The van der Waals surface area contributed by atoms with E-state index in [2.05, 4.69) is 54.4 Å². The molecule has 1 saturated heterocycles. The fraction of sp³-hybridized carbons (Fsp3) is 0.400. The minimum absolute atomic E-state index is 0.251. The van der Waals surface area contributed by atoms with Crippen molar-refractivity contribution in [3.63, 3.8) is 0 Å². The zero-order chi connectivity index (χ0) is 16.5. The summed E-state index contributed by atoms with van der Waals surface area (Å²) in [5.74, 6) is 1.71. The molecule has 2 aliphatic rings. The van der Waals surface area contributed by atoms with Gasteiger partial charge in [0.25, 0.3) is 0 Å². The number of rotatable bonds is 3. The van der Waals surface area contributed by atoms with Gasteiger partial charge in [0, 0.05) is 26.2 Å². The fourth-order valence-corrected chi connectivity index (χ4v) is 3.67. The molecule has 0 radical (unpaired) electrons. The average molecular weight is 324 g/mol. The Kier molecular flexibility index (Phi) is 4.17. The molecule has 24 heavy (non-hydrogen) atoms. The summed E-state index contributed by atoms with van der Waals surface area (Å²) in [6.07, 6.45) is 0. The van der Waals surface area contributed by atoms with E-state index in [1.807, 2.05) is 6.07 Å². The Morgan fingerprint density at radius 2 is 1.75 bits per heavy atom. The van der Waals surface area contributed by atoms with E-state index in [0.29, 0.717) is 6.79 Å². The SMILES string of the molecule is Cc1ccc(C)c(C(c2ccc3c(c2)OCO3)N2CCNCC2)c1. The van der Waals surface area contributed by atoms with Gasteiger partial charge in [0.1, 0.15) is 0 Å². The average Bonchev–Trinajstić information content (AvgIpc) is 3.07. The molecule has 4 nitrogen and oxygen atoms in total. The number of hydrogen-bond acceptors (Lipinski definition) is 4. The van der Waals surface area contributed by atoms with Crippen molar-refractivity contribution in [2.75, 3.05) is 33.0 Å². The molecule has 0 bridgehead atoms. The van der Waals surface area contributed by atoms with Crippen LogP contribution in [0.4, 0.5) is 0 Å². The monoisotopic (exact) mass is 324 g/mol. The van der Waals surface area contributed by atoms with E-state index in [1.54, 1.807) is 0 Å². The largest absolute Gasteiger partial charge is 0.454 e. The maximum Gasteiger partial charge on any atom is 0.231 e. The van der Waals surface area contributed by atoms with Crippen LogP contribution >= 0.6 is 0 Å². The molecule has 0 spiro atoms. The molecule has 2 aliphatic heterocycles. The van der Waals surface area contributed by atoms with E-state index in [-0.39, 0.29) is 6.04 Å². The zero-order valence-electron chi connectivity index (χ0n) is 14.3. The van der Waals surface area contributed by atoms with Crippen molar-refractivity contribution in [2.45, 2.75) is 19.9 Å². The molecule has 2 aromatic carbocycles. The van der Waals surface area contributed by atoms with Crippen LogP contribution in [0.5, 0.6) is 11.5 Å². The molecule has 1 N–H and O–H groups in total. The molecule has 126 valence electrons. The summed E-state index contributed by atoms with van der Waals surface area (Å²) in [6.45, 7) is 8.85. The first-order valence-corrected chi connectivity index (χ1v) is 8.64. The van der Waals surface area contributed by atoms with Crippen molar-refractivity contribution >= 4 is 0 Å². The lowest BCUT2D eigenvalue weighted by molar-refractivity contribution is 0.173. The third-order valence-electron chi connectivity index (χ3n) is 4.96. The topological polar surface area (TPSA) is 33.7 Å². The standard InChI is InChI=1S/C20H24N2O2/c1-14-3-4-15(2)17(11-14)20(22-9-7-21-8-10-22)16-5-6-18-19(12-16)24-13-23-18/h3-6,11-12,20-21H,7-10,13H2,1-2H3. The van der Waals surface area contributed by atoms with Crippen LogP contribution in [0.1, 0.15) is 28.3 Å². The lowest BCUT2D eigenvalue weighted by Crippen LogP contribution is -2.45. The lowest BCUT2D eigenvalue weighted by Gasteiger charge is -2.36. The van der Waals surface area contributed by atoms with Gasteiger partial charge in [0.15, 0.2) is 11.5 Å². The van der Waals surface area contributed by atoms with E-state index in [9.17, 15) is 0 Å². The first-order valence-electron chi connectivity index (χ1n) is 8.64. The molecule has 1 fully saturated rings. The van der Waals surface area contributed by atoms with E-state index < -0.39 is 0 Å². The predicted molar refractivity (Wildman–Crippen MR) is 94.8 cm³/mol. The van der Waals surface area contributed by atoms with Gasteiger partial charge in [-0.25, -0.2) is 0 Å². The van der Waals surface area contributed by atoms with Gasteiger partial charge in [-0.2, -0.15) is 0 Å². The number of fused-ring (bicyclic) bond motifs is 1. The zero-order valence-corrected chi connectivity index (χ0v) is 14.3. The van der Waals surface area contributed by atoms with Crippen LogP contribution in [0.25, 0.3) is 0 Å². The smallest absolute Gasteiger partial charge is 0.231 e. The van der Waals surface area contributed by atoms with E-state index in [4.69, 9.17) is 9.47 Å². The van der Waals surface area contributed by atoms with E-state index >= 15 is 0 Å². The molecular formula is C20H24N2O2. The highest BCUT2D eigenvalue weighted by Gasteiger charge is 2.27. The second kappa shape index (κ2) is 6.46. The Bertz CT molecular complexity index is 738. The minimum atomic E-state index is 0.251. The van der Waals surface area contributed by atoms with Gasteiger partial charge in [-0.1, -0.05) is 29.8 Å². The highest BCUT2D eigenvalue weighted by atomic mass is 16.7. The maximum absolute atomic E-state index is 5.61. The number of nitrogens with zero attached hydrogens (tertiary/aromatic N) is 1. The Morgan fingerprint density at radius 1 is 0.958 bits per heavy atom. The summed E-state index contributed by atoms with van der Waals surface area (Å²) in [4.78, 5) is 2.57. The Labute approximate surface area is 143 Å². The Morgan fingerprint density at radius 3 is 2.58 bits per heavy atom. The lowest BCUT2D eigenvalue weighted by atomic mass is 9.91. The molecule has 0 amide bonds. The summed E-state index contributed by atoms with van der Waals surface area (Å²) in [7, 11) is 0. The van der Waals surface area contributed by atoms with Crippen LogP contribution in [-0.4, -0.2) is 37.9 Å². The maximum atomic E-state index is 5.61. The van der Waals surface area contributed by atoms with Gasteiger partial charge < -0.3 is 14.8 Å². The minimum Gasteiger partial charge on any atom is -0.454 e. The summed E-state index contributed by atoms with van der Waals surface area (Å²) >= 11 is 0. The number of benzene rings is 2. The molecule has 1 unspecified atom stereocenters. The van der Waals surface area contributed by atoms with Crippen LogP contribution in [0, 0.1) is 13.8 Å². The first-order chi connectivity index (χ1) is 11.7. The third kappa shape index (κ3) is 2.87. The normalized spacial score (nSPS) is 18.6. The molecule has 2 heterocycles. The molecule has 2 aromatic rings. The van der Waals surface area contributed by atoms with Crippen molar-refractivity contribution in [3.05, 3.63) is 58.7 Å². The van der Waals surface area contributed by atoms with Gasteiger partial charge in [0.2, 0.25) is 6.79 Å². The highest BCUT2D eigenvalue weighted by molar-refractivity contribution is 5.48. The van der Waals surface area contributed by atoms with Crippen LogP contribution in [0.3, 0.4) is 0 Å². The predicted octanol–water partition coefficient (Wildman–Crippen LogP) is 3.03. The van der Waals surface area contributed by atoms with E-state index in [0.717, 1.165) is 37.7 Å². The molecular weight excluding hydrogens is 300 g/mol. The Hall–Kier alpha value is -2.04. The van der Waals surface area contributed by atoms with Crippen LogP contribution in [0.2, 0.25) is 0 Å². The molecule has 4 heteroatoms. The number of ether oxygens (including phenoxy) is 2. The molecule has 4 rings (SSSR count). The quantitative estimate of drug-likeness (QED) is 0.941. The number of aryl methyl sites for hydroxylation is 2. The number of nitrogens with one attached hydrogen (secondary N) is 1. The molecule has 1 atom stereocenters. The van der Waals surface area contributed by atoms with Gasteiger partial charge in [-0.05, 0) is 42.7 Å². The van der Waals surface area contributed by atoms with Gasteiger partial charge in [0.05, 0.1) is 6.04 Å². The van der Waals surface area contributed by atoms with Crippen LogP contribution in [-0.2, 0) is 0 Å². The van der Waals surface area contributed by atoms with Crippen LogP contribution < -0.4 is 14.8 Å². The molecule has 0 aliphatic carbocycles. The summed E-state index contributed by atoms with van der Waals surface area (Å²) < 4.78 is 11.1. The van der Waals surface area contributed by atoms with E-state index in [1.165, 1.54) is 22.3 Å². The third-order valence-corrected chi connectivity index (χ3v) is 4.96. The summed E-state index contributed by atoms with van der Waals surface area (Å²) in [5, 5.41) is 3.45. The van der Waals surface area contributed by atoms with Gasteiger partial charge in [-0.15, -0.1) is 0 Å². The summed E-state index contributed by atoms with van der Waals surface area (Å²) in [6, 6.07) is 13.4. The fourth-order valence-electron chi connectivity index (χ4n) is 3.67. The van der Waals surface area contributed by atoms with Crippen LogP contribution in [0.15, 0.2) is 36.4 Å². The van der Waals surface area contributed by atoms with Crippen molar-refractivity contribution in [1.82, 2.24) is 10.2 Å². The number of hydrogen-bond donors (Lipinski definition) is 1. The van der Waals surface area contributed by atoms with Crippen molar-refractivity contribution in [3.8, 4) is 11.5 Å². The van der Waals surface area contributed by atoms with Crippen molar-refractivity contribution in [2.24, 2.45) is 0 Å². The Balaban J connectivity index is 1.79. The first kappa shape index (κ1) is 15.5. The second-order valence-corrected chi connectivity index (χ2v) is 6.66. The second-order valence-electron chi connectivity index (χ2n) is 6.66. The molecule has 0 aromatic heterocycles.